The molecule has 40 heteroatoms. The van der Waals surface area contributed by atoms with E-state index in [2.05, 4.69) is 248 Å². The van der Waals surface area contributed by atoms with Crippen LogP contribution in [0.1, 0.15) is 259 Å². The molecule has 3 aliphatic heterocycles. The Labute approximate surface area is 888 Å². The van der Waals surface area contributed by atoms with Gasteiger partial charge in [-0.3, -0.25) is 14.4 Å². The maximum absolute atomic E-state index is 13.5. The van der Waals surface area contributed by atoms with E-state index in [0.717, 1.165) is 95.6 Å². The van der Waals surface area contributed by atoms with Crippen LogP contribution in [0.25, 0.3) is 21.8 Å². The highest BCUT2D eigenvalue weighted by Crippen LogP contribution is 2.55. The van der Waals surface area contributed by atoms with Gasteiger partial charge < -0.3 is 24.7 Å². The normalized spacial score (nSPS) is 14.8. The van der Waals surface area contributed by atoms with E-state index in [4.69, 9.17) is 5.73 Å². The van der Waals surface area contributed by atoms with E-state index in [0.29, 0.717) is 51.1 Å². The molecule has 9 aromatic rings. The van der Waals surface area contributed by atoms with Gasteiger partial charge in [0, 0.05) is 86.7 Å². The summed E-state index contributed by atoms with van der Waals surface area (Å²) < 4.78 is 246. The number of carbonyl (C=O) groups is 3. The summed E-state index contributed by atoms with van der Waals surface area (Å²) in [4.78, 5) is 42.1. The molecule has 22 nitrogen and oxygen atoms in total. The van der Waals surface area contributed by atoms with Crippen molar-refractivity contribution in [2.45, 2.75) is 307 Å². The molecular weight excluding hydrogens is 2240 g/mol. The van der Waals surface area contributed by atoms with Gasteiger partial charge in [0.25, 0.3) is 85.3 Å². The largest absolute Gasteiger partial charge is 0.460 e. The topological polar surface area (TPSA) is 312 Å². The van der Waals surface area contributed by atoms with E-state index in [9.17, 15) is 96.0 Å². The number of nitrogens with one attached hydrogen (secondary N) is 4. The maximum Gasteiger partial charge on any atom is 0.460 e. The zero-order chi connectivity index (χ0) is 108. The van der Waals surface area contributed by atoms with Gasteiger partial charge in [-0.1, -0.05) is 212 Å². The van der Waals surface area contributed by atoms with Crippen LogP contribution < -0.4 is 74.1 Å². The third-order valence-corrected chi connectivity index (χ3v) is 39.9. The summed E-state index contributed by atoms with van der Waals surface area (Å²) in [5, 5.41) is -4.13. The Bertz CT molecular complexity index is 5960. The van der Waals surface area contributed by atoms with Crippen LogP contribution in [0, 0.1) is 13.1 Å². The number of hydrogen-bond acceptors (Lipinski definition) is 16. The number of amides is 3. The number of anilines is 2. The highest BCUT2D eigenvalue weighted by Gasteiger charge is 2.85. The molecule has 0 spiro atoms. The van der Waals surface area contributed by atoms with E-state index < -0.39 is 96.9 Å². The van der Waals surface area contributed by atoms with Gasteiger partial charge in [0.05, 0.1) is 54.6 Å². The second-order valence-electron chi connectivity index (χ2n) is 38.2. The number of para-hydroxylation sites is 2. The first-order valence-corrected chi connectivity index (χ1v) is 62.5. The van der Waals surface area contributed by atoms with Crippen LogP contribution in [0.3, 0.4) is 0 Å². The minimum Gasteiger partial charge on any atom is -0.399 e. The minimum absolute atomic E-state index is 0.0156. The lowest BCUT2D eigenvalue weighted by molar-refractivity contribution is -0.382. The summed E-state index contributed by atoms with van der Waals surface area (Å²) in [5.74, 6) is -12.1. The third kappa shape index (κ3) is 40.2. The summed E-state index contributed by atoms with van der Waals surface area (Å²) in [6.45, 7) is 21.9. The van der Waals surface area contributed by atoms with Crippen molar-refractivity contribution in [3.05, 3.63) is 206 Å². The van der Waals surface area contributed by atoms with Gasteiger partial charge >= 0.3 is 23.3 Å². The van der Waals surface area contributed by atoms with Gasteiger partial charge in [-0.05, 0) is 227 Å². The number of nitrogen functional groups attached to an aromatic ring is 1. The van der Waals surface area contributed by atoms with Crippen LogP contribution in [0.15, 0.2) is 207 Å². The predicted octanol–water partition coefficient (Wildman–Crippen LogP) is 16.4. The smallest absolute Gasteiger partial charge is 0.399 e. The summed E-state index contributed by atoms with van der Waals surface area (Å²) in [6, 6.07) is 54.3. The molecule has 3 saturated heterocycles. The number of sulfonamides is 5. The van der Waals surface area contributed by atoms with Crippen molar-refractivity contribution in [2.24, 2.45) is 20.0 Å². The van der Waals surface area contributed by atoms with Gasteiger partial charge in [0.2, 0.25) is 27.7 Å². The third-order valence-electron chi connectivity index (χ3n) is 25.5. The quantitative estimate of drug-likeness (QED) is 0.00794. The molecule has 1 saturated carbocycles. The van der Waals surface area contributed by atoms with Crippen molar-refractivity contribution in [1.82, 2.24) is 32.3 Å². The fourth-order valence-corrected chi connectivity index (χ4v) is 28.2. The van der Waals surface area contributed by atoms with E-state index in [-0.39, 0.29) is 44.0 Å². The molecule has 0 radical (unpaired) electrons. The van der Waals surface area contributed by atoms with Crippen molar-refractivity contribution in [2.75, 3.05) is 66.6 Å². The molecule has 6 N–H and O–H groups in total. The Morgan fingerprint density at radius 1 is 0.455 bits per heavy atom. The summed E-state index contributed by atoms with van der Waals surface area (Å²) in [5.41, 5.74) is 14.2. The molecule has 2 aromatic heterocycles. The van der Waals surface area contributed by atoms with Gasteiger partial charge in [0.15, 0.2) is 16.9 Å². The Morgan fingerprint density at radius 2 is 0.821 bits per heavy atom. The van der Waals surface area contributed by atoms with Gasteiger partial charge in [-0.15, -0.1) is 4.13 Å². The number of fused-ring (bicyclic) bond motifs is 2. The molecule has 0 unspecified atom stereocenters. The highest BCUT2D eigenvalue weighted by molar-refractivity contribution is 8.05. The number of aromatic nitrogens is 2. The van der Waals surface area contributed by atoms with Crippen LogP contribution in [-0.2, 0) is 118 Å². The number of hydrogen-bond donors (Lipinski definition) is 5. The molecular formula is C105H150F9I2N9O13S7+4. The van der Waals surface area contributed by atoms with E-state index >= 15 is 0 Å². The predicted molar refractivity (Wildman–Crippen MR) is 563 cm³/mol. The lowest BCUT2D eigenvalue weighted by Crippen LogP contribution is -3.34. The second-order valence-corrected chi connectivity index (χ2v) is 54.3. The molecule has 4 aliphatic rings. The van der Waals surface area contributed by atoms with Crippen LogP contribution in [-0.4, -0.2) is 153 Å². The summed E-state index contributed by atoms with van der Waals surface area (Å²) >= 11 is 4.12. The lowest BCUT2D eigenvalue weighted by Gasteiger charge is -2.32. The molecule has 4 fully saturated rings. The summed E-state index contributed by atoms with van der Waals surface area (Å²) in [6.07, 6.45) is 24.4. The molecule has 145 heavy (non-hydrogen) atoms. The van der Waals surface area contributed by atoms with Crippen molar-refractivity contribution in [3.8, 4) is 0 Å². The van der Waals surface area contributed by atoms with Crippen molar-refractivity contribution in [1.29, 1.82) is 0 Å². The number of alkyl halides is 9. The van der Waals surface area contributed by atoms with Crippen molar-refractivity contribution < 1.29 is 141 Å². The van der Waals surface area contributed by atoms with Crippen LogP contribution >= 0.6 is 0 Å². The second kappa shape index (κ2) is 59.0. The molecule has 808 valence electrons. The van der Waals surface area contributed by atoms with E-state index in [1.165, 1.54) is 177 Å². The Morgan fingerprint density at radius 3 is 1.19 bits per heavy atom. The fraction of sp³-hybridized carbons (Fsp3) is 0.533. The van der Waals surface area contributed by atoms with Crippen LogP contribution in [0.5, 0.6) is 0 Å². The molecule has 7 aromatic carbocycles. The Hall–Kier alpha value is -7.17. The lowest BCUT2D eigenvalue weighted by atomic mass is 9.82. The number of nitrogens with two attached hydrogens (primary N) is 1. The molecule has 13 rings (SSSR count). The molecule has 0 bridgehead atoms. The summed E-state index contributed by atoms with van der Waals surface area (Å²) in [7, 11) is -14.4. The standard InChI is InChI=1S/C19H30N2O3S.C18H30N2O3S.2C13H16NS.C12H16F9NO4S2.2C11H16I.C8H10N2O3S/c1-2-3-4-5-6-7-10-19(22)20-25(23,24)18-13-11-17(12-14-18)21-15-8-9-16-21;1-4-5-6-7-8-9-10-18(21)19-24(22,23)17-13-11-16(12-14-17)15-20(2)3;2*1-14-10-13(15-8-4-5-9-15)11-6-2-3-7-12(11)14;13-9(14,11(17,18)19)10(15,16)12(20,21)28(25,26)22-27(23,24)7-6-8-4-2-1-3-5-8;2*1-4-11(2,3)9-5-7-10(12)8-6-9;1-6(11)10-14(12,13)8-4-2-7(9)3-5-8/h11-14H,2-10,15-16H2,1H3,(H,20,22);11-14H,4-10,15H2,1-3H3,(H,19,21);2*2-3,6-7,10H,4-5,8-9H2,1H3;8,22H,1-7H2;2*5-8,12H,4H2,1-3H3;2-5H,9H2,1H3,(H,10,11)/q;;2*+1;;2*+1;. The number of halogens is 11. The number of carbonyl (C=O) groups excluding carboxylic acids is 3. The fourth-order valence-electron chi connectivity index (χ4n) is 16.1. The Balaban J connectivity index is 0.000000258. The number of benzene rings is 7. The number of unbranched alkanes of at least 4 members (excludes halogenated alkanes) is 10. The van der Waals surface area contributed by atoms with Crippen LogP contribution in [0.2, 0.25) is 0 Å². The monoisotopic (exact) mass is 2390 g/mol. The average Bonchev–Trinajstić information content (AvgIpc) is 1.58. The zero-order valence-electron chi connectivity index (χ0n) is 85.6. The molecule has 0 atom stereocenters. The van der Waals surface area contributed by atoms with Gasteiger partial charge in [0.1, 0.15) is 23.0 Å². The SMILES string of the molecule is CC(=O)NS(=O)(=O)c1ccc(N)cc1.CCC(C)(C)c1ccc([IH+])cc1.CCC(C)(C)c1ccc([IH+])cc1.CCCCCCCCC(=O)NS(=O)(=O)c1ccc(CN(C)C)cc1.CCCCCCCCC(=O)NS(=O)(=O)c1ccc(N2CCCC2)cc1.Cn1cc([S+]2CCCC2)c2ccccc21.Cn1cc([S+]2CCCC2)c2ccccc21.O=S(=O)(CCC1CCCCC1)NS(=O)(=O)C(F)(F)C(F)(F)C(F)(F)C(F)(F)F. The maximum atomic E-state index is 13.5. The first kappa shape index (κ1) is 126. The van der Waals surface area contributed by atoms with E-state index in [1.807, 2.05) is 35.9 Å². The van der Waals surface area contributed by atoms with Crippen molar-refractivity contribution in [3.63, 3.8) is 0 Å². The molecule has 3 amide bonds. The molecule has 5 heterocycles. The Kier molecular flexibility index (Phi) is 51.5. The molecule has 1 aliphatic carbocycles. The average molecular weight is 2400 g/mol. The van der Waals surface area contributed by atoms with Crippen LogP contribution in [0.4, 0.5) is 50.9 Å². The first-order chi connectivity index (χ1) is 67.9. The number of nitrogens with zero attached hydrogens (tertiary/aromatic N) is 4. The first-order valence-electron chi connectivity index (χ1n) is 49.5. The van der Waals surface area contributed by atoms with Gasteiger partial charge in [-0.2, -0.15) is 39.5 Å². The zero-order valence-corrected chi connectivity index (χ0v) is 96.0. The minimum atomic E-state index is -7.48. The van der Waals surface area contributed by atoms with Gasteiger partial charge in [-0.25, -0.2) is 56.3 Å². The van der Waals surface area contributed by atoms with E-state index in [1.54, 1.807) is 46.2 Å². The number of aryl methyl sites for hydroxylation is 2. The van der Waals surface area contributed by atoms with Crippen molar-refractivity contribution >= 4 is 123 Å². The highest BCUT2D eigenvalue weighted by atomic mass is 127. The number of rotatable bonds is 37.